The van der Waals surface area contributed by atoms with E-state index < -0.39 is 0 Å². The molecule has 0 heterocycles. The SMILES string of the molecule is COOCN(OC)c1c(Cl)cccc1CO/N=C(\C)c1cc(Cl)cc(Cl)c1. The van der Waals surface area contributed by atoms with E-state index in [9.17, 15) is 0 Å². The number of benzene rings is 2. The first-order valence-corrected chi connectivity index (χ1v) is 8.97. The number of nitrogens with zero attached hydrogens (tertiary/aromatic N) is 2. The molecule has 0 unspecified atom stereocenters. The summed E-state index contributed by atoms with van der Waals surface area (Å²) in [6.45, 7) is 1.98. The van der Waals surface area contributed by atoms with E-state index in [1.807, 2.05) is 12.1 Å². The fraction of sp³-hybridized carbons (Fsp3) is 0.278. The molecule has 0 saturated heterocycles. The van der Waals surface area contributed by atoms with Crippen LogP contribution in [0.3, 0.4) is 0 Å². The van der Waals surface area contributed by atoms with Crippen molar-refractivity contribution in [2.24, 2.45) is 5.16 Å². The Balaban J connectivity index is 2.16. The molecule has 0 aromatic heterocycles. The third-order valence-electron chi connectivity index (χ3n) is 3.53. The lowest BCUT2D eigenvalue weighted by molar-refractivity contribution is -0.280. The van der Waals surface area contributed by atoms with E-state index in [2.05, 4.69) is 10.0 Å². The maximum Gasteiger partial charge on any atom is 0.178 e. The van der Waals surface area contributed by atoms with Crippen molar-refractivity contribution >= 4 is 46.2 Å². The minimum Gasteiger partial charge on any atom is -0.391 e. The van der Waals surface area contributed by atoms with Gasteiger partial charge in [-0.15, -0.1) is 0 Å². The molecule has 2 aromatic rings. The quantitative estimate of drug-likeness (QED) is 0.226. The second-order valence-electron chi connectivity index (χ2n) is 5.33. The normalized spacial score (nSPS) is 11.6. The second-order valence-corrected chi connectivity index (χ2v) is 6.61. The molecule has 0 radical (unpaired) electrons. The summed E-state index contributed by atoms with van der Waals surface area (Å²) < 4.78 is 0. The Bertz CT molecular complexity index is 782. The summed E-state index contributed by atoms with van der Waals surface area (Å²) in [4.78, 5) is 20.3. The summed E-state index contributed by atoms with van der Waals surface area (Å²) in [5.41, 5.74) is 2.75. The summed E-state index contributed by atoms with van der Waals surface area (Å²) in [7, 11) is 2.90. The Morgan fingerprint density at radius 1 is 1.07 bits per heavy atom. The molecule has 9 heteroatoms. The Hall–Kier alpha value is -1.54. The molecule has 6 nitrogen and oxygen atoms in total. The van der Waals surface area contributed by atoms with Crippen LogP contribution in [0.25, 0.3) is 0 Å². The number of para-hydroxylation sites is 1. The molecule has 0 bridgehead atoms. The Morgan fingerprint density at radius 3 is 2.41 bits per heavy atom. The van der Waals surface area contributed by atoms with Gasteiger partial charge < -0.3 is 4.84 Å². The Labute approximate surface area is 173 Å². The molecule has 0 spiro atoms. The lowest BCUT2D eigenvalue weighted by Crippen LogP contribution is -2.26. The molecular weight excluding hydrogens is 415 g/mol. The molecule has 2 aromatic carbocycles. The molecule has 27 heavy (non-hydrogen) atoms. The first kappa shape index (κ1) is 21.8. The monoisotopic (exact) mass is 432 g/mol. The summed E-state index contributed by atoms with van der Waals surface area (Å²) >= 11 is 18.4. The molecule has 0 aliphatic carbocycles. The fourth-order valence-corrected chi connectivity index (χ4v) is 3.09. The van der Waals surface area contributed by atoms with E-state index >= 15 is 0 Å². The number of oxime groups is 1. The largest absolute Gasteiger partial charge is 0.391 e. The lowest BCUT2D eigenvalue weighted by atomic mass is 10.1. The van der Waals surface area contributed by atoms with Crippen LogP contribution in [0.1, 0.15) is 18.1 Å². The van der Waals surface area contributed by atoms with Gasteiger partial charge in [-0.1, -0.05) is 52.1 Å². The van der Waals surface area contributed by atoms with Crippen LogP contribution in [0.2, 0.25) is 15.1 Å². The van der Waals surface area contributed by atoms with E-state index in [1.165, 1.54) is 19.3 Å². The van der Waals surface area contributed by atoms with Crippen LogP contribution in [0.15, 0.2) is 41.6 Å². The summed E-state index contributed by atoms with van der Waals surface area (Å²) in [6, 6.07) is 10.6. The average molecular weight is 434 g/mol. The fourth-order valence-electron chi connectivity index (χ4n) is 2.28. The van der Waals surface area contributed by atoms with Crippen LogP contribution in [-0.2, 0) is 26.1 Å². The number of hydrogen-bond acceptors (Lipinski definition) is 6. The van der Waals surface area contributed by atoms with Gasteiger partial charge in [-0.25, -0.2) is 14.8 Å². The zero-order chi connectivity index (χ0) is 19.8. The Morgan fingerprint density at radius 2 is 1.78 bits per heavy atom. The van der Waals surface area contributed by atoms with Gasteiger partial charge in [0.1, 0.15) is 6.61 Å². The van der Waals surface area contributed by atoms with Gasteiger partial charge in [-0.3, -0.25) is 4.84 Å². The highest BCUT2D eigenvalue weighted by Crippen LogP contribution is 2.31. The van der Waals surface area contributed by atoms with E-state index in [1.54, 1.807) is 31.2 Å². The molecule has 0 saturated carbocycles. The predicted molar refractivity (Wildman–Crippen MR) is 107 cm³/mol. The van der Waals surface area contributed by atoms with Crippen molar-refractivity contribution in [3.05, 3.63) is 62.6 Å². The molecule has 0 N–H and O–H groups in total. The number of halogens is 3. The van der Waals surface area contributed by atoms with Crippen molar-refractivity contribution in [2.45, 2.75) is 13.5 Å². The predicted octanol–water partition coefficient (Wildman–Crippen LogP) is 5.49. The standard InChI is InChI=1S/C18H19Cl3N2O4/c1-12(14-7-15(19)9-16(20)8-14)22-26-10-13-5-4-6-17(21)18(13)23(24-2)11-27-25-3/h4-9H,10-11H2,1-3H3/b22-12+. The highest BCUT2D eigenvalue weighted by Gasteiger charge is 2.16. The molecule has 0 aliphatic rings. The average Bonchev–Trinajstić information content (AvgIpc) is 2.63. The van der Waals surface area contributed by atoms with Crippen molar-refractivity contribution in [1.29, 1.82) is 0 Å². The maximum atomic E-state index is 6.32. The van der Waals surface area contributed by atoms with Gasteiger partial charge in [0.15, 0.2) is 6.73 Å². The minimum absolute atomic E-state index is 0.0209. The van der Waals surface area contributed by atoms with Gasteiger partial charge in [0.2, 0.25) is 0 Å². The first-order chi connectivity index (χ1) is 13.0. The molecule has 0 fully saturated rings. The number of hydroxylamine groups is 1. The third kappa shape index (κ3) is 6.24. The van der Waals surface area contributed by atoms with Crippen LogP contribution < -0.4 is 5.06 Å². The molecule has 2 rings (SSSR count). The van der Waals surface area contributed by atoms with Crippen molar-refractivity contribution in [3.63, 3.8) is 0 Å². The lowest BCUT2D eigenvalue weighted by Gasteiger charge is -2.23. The summed E-state index contributed by atoms with van der Waals surface area (Å²) in [5.74, 6) is 0. The van der Waals surface area contributed by atoms with Gasteiger partial charge in [-0.2, -0.15) is 0 Å². The highest BCUT2D eigenvalue weighted by atomic mass is 35.5. The van der Waals surface area contributed by atoms with Crippen molar-refractivity contribution in [3.8, 4) is 0 Å². The van der Waals surface area contributed by atoms with Gasteiger partial charge in [0, 0.05) is 21.2 Å². The zero-order valence-corrected chi connectivity index (χ0v) is 17.3. The summed E-state index contributed by atoms with van der Waals surface area (Å²) in [6.07, 6.45) is 0. The maximum absolute atomic E-state index is 6.32. The molecule has 0 atom stereocenters. The van der Waals surface area contributed by atoms with Crippen molar-refractivity contribution in [2.75, 3.05) is 26.0 Å². The number of rotatable bonds is 9. The van der Waals surface area contributed by atoms with Gasteiger partial charge in [-0.05, 0) is 31.2 Å². The molecular formula is C18H19Cl3N2O4. The third-order valence-corrected chi connectivity index (χ3v) is 4.27. The van der Waals surface area contributed by atoms with Gasteiger partial charge in [0.25, 0.3) is 0 Å². The highest BCUT2D eigenvalue weighted by molar-refractivity contribution is 6.35. The van der Waals surface area contributed by atoms with Crippen LogP contribution in [0.5, 0.6) is 0 Å². The Kier molecular flexibility index (Phi) is 8.63. The van der Waals surface area contributed by atoms with E-state index in [0.717, 1.165) is 11.1 Å². The van der Waals surface area contributed by atoms with E-state index in [0.29, 0.717) is 26.5 Å². The number of anilines is 1. The van der Waals surface area contributed by atoms with Crippen LogP contribution in [0, 0.1) is 0 Å². The molecule has 0 amide bonds. The van der Waals surface area contributed by atoms with E-state index in [-0.39, 0.29) is 13.3 Å². The molecule has 146 valence electrons. The number of hydrogen-bond donors (Lipinski definition) is 0. The van der Waals surface area contributed by atoms with E-state index in [4.69, 9.17) is 49.4 Å². The molecule has 0 aliphatic heterocycles. The smallest absolute Gasteiger partial charge is 0.178 e. The van der Waals surface area contributed by atoms with Crippen LogP contribution in [0.4, 0.5) is 5.69 Å². The summed E-state index contributed by atoms with van der Waals surface area (Å²) in [5, 5.41) is 7.10. The zero-order valence-electron chi connectivity index (χ0n) is 15.0. The van der Waals surface area contributed by atoms with Crippen LogP contribution >= 0.6 is 34.8 Å². The van der Waals surface area contributed by atoms with Gasteiger partial charge >= 0.3 is 0 Å². The topological polar surface area (TPSA) is 52.5 Å². The first-order valence-electron chi connectivity index (χ1n) is 7.84. The van der Waals surface area contributed by atoms with Crippen molar-refractivity contribution in [1.82, 2.24) is 0 Å². The van der Waals surface area contributed by atoms with Crippen LogP contribution in [-0.4, -0.2) is 26.7 Å². The van der Waals surface area contributed by atoms with Crippen molar-refractivity contribution < 1.29 is 19.5 Å². The minimum atomic E-state index is 0.0209. The van der Waals surface area contributed by atoms with Gasteiger partial charge in [0.05, 0.1) is 30.6 Å². The second kappa shape index (κ2) is 10.7.